The summed E-state index contributed by atoms with van der Waals surface area (Å²) in [5.74, 6) is 1.87. The zero-order valence-corrected chi connectivity index (χ0v) is 9.61. The predicted molar refractivity (Wildman–Crippen MR) is 67.6 cm³/mol. The lowest BCUT2D eigenvalue weighted by atomic mass is 10.1. The summed E-state index contributed by atoms with van der Waals surface area (Å²) in [6, 6.07) is 5.81. The van der Waals surface area contributed by atoms with Crippen molar-refractivity contribution in [3.63, 3.8) is 0 Å². The number of anilines is 1. The van der Waals surface area contributed by atoms with E-state index >= 15 is 0 Å². The normalized spacial score (nSPS) is 14.8. The number of nitrogen functional groups attached to an aromatic ring is 1. The van der Waals surface area contributed by atoms with Gasteiger partial charge in [-0.3, -0.25) is 0 Å². The summed E-state index contributed by atoms with van der Waals surface area (Å²) in [6.07, 6.45) is 6.62. The molecule has 0 unspecified atom stereocenters. The lowest BCUT2D eigenvalue weighted by molar-refractivity contribution is 0.300. The van der Waals surface area contributed by atoms with Crippen molar-refractivity contribution >= 4 is 5.69 Å². The molecule has 0 saturated heterocycles. The van der Waals surface area contributed by atoms with Crippen LogP contribution in [0.5, 0.6) is 5.75 Å². The van der Waals surface area contributed by atoms with Crippen molar-refractivity contribution in [2.75, 3.05) is 12.3 Å². The highest BCUT2D eigenvalue weighted by Gasteiger charge is 2.20. The van der Waals surface area contributed by atoms with Crippen LogP contribution in [0.3, 0.4) is 0 Å². The lowest BCUT2D eigenvalue weighted by Gasteiger charge is -2.10. The maximum Gasteiger partial charge on any atom is 0.122 e. The SMILES string of the molecule is C=CCc1cc(N)ccc1OCCC1CC1. The lowest BCUT2D eigenvalue weighted by Crippen LogP contribution is -2.01. The number of hydrogen-bond acceptors (Lipinski definition) is 2. The van der Waals surface area contributed by atoms with Crippen LogP contribution in [-0.2, 0) is 6.42 Å². The van der Waals surface area contributed by atoms with Crippen LogP contribution >= 0.6 is 0 Å². The Bertz CT molecular complexity index is 369. The molecular formula is C14H19NO. The fourth-order valence-electron chi connectivity index (χ4n) is 1.80. The first-order chi connectivity index (χ1) is 7.79. The van der Waals surface area contributed by atoms with Crippen molar-refractivity contribution < 1.29 is 4.74 Å². The molecule has 0 bridgehead atoms. The number of rotatable bonds is 6. The van der Waals surface area contributed by atoms with E-state index in [0.29, 0.717) is 0 Å². The fraction of sp³-hybridized carbons (Fsp3) is 0.429. The monoisotopic (exact) mass is 217 g/mol. The molecule has 2 nitrogen and oxygen atoms in total. The summed E-state index contributed by atoms with van der Waals surface area (Å²) in [7, 11) is 0. The maximum absolute atomic E-state index is 5.79. The third-order valence-electron chi connectivity index (χ3n) is 2.93. The molecule has 0 heterocycles. The number of allylic oxidation sites excluding steroid dienone is 1. The molecule has 2 N–H and O–H groups in total. The van der Waals surface area contributed by atoms with Gasteiger partial charge in [0.1, 0.15) is 5.75 Å². The number of ether oxygens (including phenoxy) is 1. The molecule has 0 radical (unpaired) electrons. The molecule has 1 saturated carbocycles. The molecule has 0 amide bonds. The minimum absolute atomic E-state index is 0.784. The predicted octanol–water partition coefficient (Wildman–Crippen LogP) is 3.18. The van der Waals surface area contributed by atoms with Crippen molar-refractivity contribution in [1.29, 1.82) is 0 Å². The van der Waals surface area contributed by atoms with Gasteiger partial charge in [0.2, 0.25) is 0 Å². The molecule has 86 valence electrons. The maximum atomic E-state index is 5.79. The molecule has 0 aromatic heterocycles. The first kappa shape index (κ1) is 11.1. The Labute approximate surface area is 97.1 Å². The molecule has 1 fully saturated rings. The topological polar surface area (TPSA) is 35.2 Å². The molecule has 2 heteroatoms. The Morgan fingerprint density at radius 3 is 2.94 bits per heavy atom. The van der Waals surface area contributed by atoms with Gasteiger partial charge in [0.05, 0.1) is 6.61 Å². The third-order valence-corrected chi connectivity index (χ3v) is 2.93. The van der Waals surface area contributed by atoms with Gasteiger partial charge in [0, 0.05) is 5.69 Å². The van der Waals surface area contributed by atoms with E-state index in [2.05, 4.69) is 6.58 Å². The van der Waals surface area contributed by atoms with Crippen LogP contribution in [-0.4, -0.2) is 6.61 Å². The Morgan fingerprint density at radius 2 is 2.25 bits per heavy atom. The standard InChI is InChI=1S/C14H19NO/c1-2-3-12-10-13(15)6-7-14(12)16-9-8-11-4-5-11/h2,6-7,10-11H,1,3-5,8-9,15H2. The summed E-state index contributed by atoms with van der Waals surface area (Å²) in [5.41, 5.74) is 7.67. The molecule has 1 aromatic carbocycles. The zero-order valence-electron chi connectivity index (χ0n) is 9.61. The van der Waals surface area contributed by atoms with Crippen LogP contribution in [0.1, 0.15) is 24.8 Å². The number of benzene rings is 1. The van der Waals surface area contributed by atoms with E-state index < -0.39 is 0 Å². The van der Waals surface area contributed by atoms with Crippen molar-refractivity contribution in [2.45, 2.75) is 25.7 Å². The molecule has 0 spiro atoms. The molecule has 0 aliphatic heterocycles. The van der Waals surface area contributed by atoms with Crippen molar-refractivity contribution in [3.8, 4) is 5.75 Å². The van der Waals surface area contributed by atoms with Crippen LogP contribution in [0.15, 0.2) is 30.9 Å². The summed E-state index contributed by atoms with van der Waals surface area (Å²) in [4.78, 5) is 0. The van der Waals surface area contributed by atoms with Gasteiger partial charge in [-0.1, -0.05) is 18.9 Å². The quantitative estimate of drug-likeness (QED) is 0.586. The van der Waals surface area contributed by atoms with E-state index in [1.807, 2.05) is 24.3 Å². The minimum atomic E-state index is 0.784. The van der Waals surface area contributed by atoms with Gasteiger partial charge in [-0.2, -0.15) is 0 Å². The zero-order chi connectivity index (χ0) is 11.4. The first-order valence-electron chi connectivity index (χ1n) is 5.91. The highest BCUT2D eigenvalue weighted by Crippen LogP contribution is 2.32. The second kappa shape index (κ2) is 5.06. The van der Waals surface area contributed by atoms with Gasteiger partial charge >= 0.3 is 0 Å². The second-order valence-corrected chi connectivity index (χ2v) is 4.44. The van der Waals surface area contributed by atoms with Crippen LogP contribution in [0, 0.1) is 5.92 Å². The number of hydrogen-bond donors (Lipinski definition) is 1. The van der Waals surface area contributed by atoms with Gasteiger partial charge < -0.3 is 10.5 Å². The van der Waals surface area contributed by atoms with E-state index in [1.54, 1.807) is 0 Å². The Kier molecular flexibility index (Phi) is 3.50. The average Bonchev–Trinajstić information content (AvgIpc) is 3.06. The molecule has 1 aliphatic rings. The third kappa shape index (κ3) is 3.02. The van der Waals surface area contributed by atoms with Gasteiger partial charge in [0.15, 0.2) is 0 Å². The number of nitrogens with two attached hydrogens (primary N) is 1. The van der Waals surface area contributed by atoms with Gasteiger partial charge in [0.25, 0.3) is 0 Å². The van der Waals surface area contributed by atoms with Crippen molar-refractivity contribution in [1.82, 2.24) is 0 Å². The summed E-state index contributed by atoms with van der Waals surface area (Å²) >= 11 is 0. The smallest absolute Gasteiger partial charge is 0.122 e. The molecular weight excluding hydrogens is 198 g/mol. The molecule has 1 aromatic rings. The van der Waals surface area contributed by atoms with Crippen LogP contribution in [0.25, 0.3) is 0 Å². The molecule has 2 rings (SSSR count). The van der Waals surface area contributed by atoms with E-state index in [0.717, 1.165) is 35.9 Å². The summed E-state index contributed by atoms with van der Waals surface area (Å²) in [5, 5.41) is 0. The van der Waals surface area contributed by atoms with Gasteiger partial charge in [-0.15, -0.1) is 6.58 Å². The Hall–Kier alpha value is -1.44. The first-order valence-corrected chi connectivity index (χ1v) is 5.91. The molecule has 0 atom stereocenters. The van der Waals surface area contributed by atoms with Crippen molar-refractivity contribution in [3.05, 3.63) is 36.4 Å². The molecule has 1 aliphatic carbocycles. The Morgan fingerprint density at radius 1 is 1.44 bits per heavy atom. The Balaban J connectivity index is 1.96. The van der Waals surface area contributed by atoms with E-state index in [9.17, 15) is 0 Å². The highest BCUT2D eigenvalue weighted by atomic mass is 16.5. The average molecular weight is 217 g/mol. The molecule has 16 heavy (non-hydrogen) atoms. The summed E-state index contributed by atoms with van der Waals surface area (Å²) < 4.78 is 5.79. The summed E-state index contributed by atoms with van der Waals surface area (Å²) in [6.45, 7) is 4.57. The van der Waals surface area contributed by atoms with E-state index in [4.69, 9.17) is 10.5 Å². The van der Waals surface area contributed by atoms with E-state index in [-0.39, 0.29) is 0 Å². The van der Waals surface area contributed by atoms with Gasteiger partial charge in [-0.05, 0) is 42.5 Å². The largest absolute Gasteiger partial charge is 0.493 e. The minimum Gasteiger partial charge on any atom is -0.493 e. The fourth-order valence-corrected chi connectivity index (χ4v) is 1.80. The van der Waals surface area contributed by atoms with Crippen LogP contribution in [0.2, 0.25) is 0 Å². The van der Waals surface area contributed by atoms with E-state index in [1.165, 1.54) is 19.3 Å². The highest BCUT2D eigenvalue weighted by molar-refractivity contribution is 5.48. The second-order valence-electron chi connectivity index (χ2n) is 4.44. The van der Waals surface area contributed by atoms with Gasteiger partial charge in [-0.25, -0.2) is 0 Å². The van der Waals surface area contributed by atoms with Crippen LogP contribution < -0.4 is 10.5 Å². The van der Waals surface area contributed by atoms with Crippen LogP contribution in [0.4, 0.5) is 5.69 Å². The van der Waals surface area contributed by atoms with Crippen molar-refractivity contribution in [2.24, 2.45) is 5.92 Å².